The van der Waals surface area contributed by atoms with Crippen molar-refractivity contribution in [2.24, 2.45) is 5.73 Å². The second-order valence-electron chi connectivity index (χ2n) is 4.02. The molecule has 0 spiro atoms. The highest BCUT2D eigenvalue weighted by Crippen LogP contribution is 2.11. The Balaban J connectivity index is 2.41. The van der Waals surface area contributed by atoms with Crippen molar-refractivity contribution in [3.05, 3.63) is 0 Å². The van der Waals surface area contributed by atoms with Crippen LogP contribution in [0.15, 0.2) is 0 Å². The molecule has 76 valence electrons. The molecule has 1 fully saturated rings. The zero-order chi connectivity index (χ0) is 9.90. The average Bonchev–Trinajstić information content (AvgIpc) is 2.05. The molecule has 1 heterocycles. The van der Waals surface area contributed by atoms with Gasteiger partial charge in [0.2, 0.25) is 5.91 Å². The van der Waals surface area contributed by atoms with Gasteiger partial charge in [0.05, 0.1) is 5.54 Å². The Labute approximate surface area is 78.8 Å². The molecule has 4 heteroatoms. The fraction of sp³-hybridized carbons (Fsp3) is 0.889. The Morgan fingerprint density at radius 2 is 2.00 bits per heavy atom. The Kier molecular flexibility index (Phi) is 3.27. The molecule has 0 atom stereocenters. The molecule has 1 rings (SSSR count). The zero-order valence-corrected chi connectivity index (χ0v) is 8.30. The number of nitrogens with one attached hydrogen (secondary N) is 1. The smallest absolute Gasteiger partial charge is 0.237 e. The van der Waals surface area contributed by atoms with Gasteiger partial charge >= 0.3 is 0 Å². The fourth-order valence-corrected chi connectivity index (χ4v) is 1.42. The van der Waals surface area contributed by atoms with E-state index in [9.17, 15) is 4.79 Å². The van der Waals surface area contributed by atoms with Crippen LogP contribution in [0.5, 0.6) is 0 Å². The van der Waals surface area contributed by atoms with E-state index in [0.717, 1.165) is 26.1 Å². The summed E-state index contributed by atoms with van der Waals surface area (Å²) in [7, 11) is 0. The first-order valence-electron chi connectivity index (χ1n) is 4.68. The van der Waals surface area contributed by atoms with E-state index in [1.54, 1.807) is 0 Å². The number of amides is 1. The molecule has 0 aromatic rings. The Morgan fingerprint density at radius 3 is 2.46 bits per heavy atom. The molecule has 0 bridgehead atoms. The lowest BCUT2D eigenvalue weighted by Crippen LogP contribution is -2.55. The molecule has 0 aromatic heterocycles. The lowest BCUT2D eigenvalue weighted by molar-refractivity contribution is -0.123. The Morgan fingerprint density at radius 1 is 1.46 bits per heavy atom. The van der Waals surface area contributed by atoms with Gasteiger partial charge in [-0.25, -0.2) is 0 Å². The molecule has 13 heavy (non-hydrogen) atoms. The van der Waals surface area contributed by atoms with Gasteiger partial charge in [0, 0.05) is 19.3 Å². The highest BCUT2D eigenvalue weighted by atomic mass is 16.5. The molecule has 0 unspecified atom stereocenters. The van der Waals surface area contributed by atoms with Gasteiger partial charge in [0.15, 0.2) is 0 Å². The third-order valence-corrected chi connectivity index (χ3v) is 2.40. The fourth-order valence-electron chi connectivity index (χ4n) is 1.42. The van der Waals surface area contributed by atoms with E-state index in [1.807, 2.05) is 13.8 Å². The van der Waals surface area contributed by atoms with Crippen molar-refractivity contribution in [1.82, 2.24) is 5.32 Å². The van der Waals surface area contributed by atoms with Crippen molar-refractivity contribution in [2.45, 2.75) is 38.3 Å². The molecule has 0 aromatic carbocycles. The van der Waals surface area contributed by atoms with Crippen LogP contribution >= 0.6 is 0 Å². The first kappa shape index (κ1) is 10.5. The maximum Gasteiger partial charge on any atom is 0.237 e. The van der Waals surface area contributed by atoms with E-state index in [2.05, 4.69) is 5.32 Å². The Bertz CT molecular complexity index is 186. The largest absolute Gasteiger partial charge is 0.381 e. The summed E-state index contributed by atoms with van der Waals surface area (Å²) in [6, 6.07) is 0.358. The van der Waals surface area contributed by atoms with Crippen LogP contribution < -0.4 is 11.1 Å². The number of rotatable bonds is 3. The van der Waals surface area contributed by atoms with E-state index in [4.69, 9.17) is 10.5 Å². The van der Waals surface area contributed by atoms with Crippen LogP contribution in [-0.4, -0.2) is 30.7 Å². The molecule has 0 radical (unpaired) electrons. The van der Waals surface area contributed by atoms with Crippen molar-refractivity contribution in [1.29, 1.82) is 0 Å². The van der Waals surface area contributed by atoms with Crippen LogP contribution in [0.4, 0.5) is 0 Å². The predicted octanol–water partition coefficient (Wildman–Crippen LogP) is 0.0189. The van der Waals surface area contributed by atoms with Gasteiger partial charge in [-0.15, -0.1) is 0 Å². The quantitative estimate of drug-likeness (QED) is 0.653. The zero-order valence-electron chi connectivity index (χ0n) is 8.30. The first-order valence-corrected chi connectivity index (χ1v) is 4.68. The van der Waals surface area contributed by atoms with E-state index in [-0.39, 0.29) is 5.91 Å². The summed E-state index contributed by atoms with van der Waals surface area (Å²) in [5, 5.41) is 3.24. The molecule has 0 saturated carbocycles. The van der Waals surface area contributed by atoms with Crippen LogP contribution in [0.2, 0.25) is 0 Å². The minimum atomic E-state index is -0.609. The van der Waals surface area contributed by atoms with E-state index in [1.165, 1.54) is 0 Å². The number of carbonyl (C=O) groups excluding carboxylic acids is 1. The van der Waals surface area contributed by atoms with Crippen LogP contribution in [0.1, 0.15) is 26.7 Å². The molecule has 1 amide bonds. The van der Waals surface area contributed by atoms with Gasteiger partial charge in [-0.1, -0.05) is 0 Å². The van der Waals surface area contributed by atoms with E-state index >= 15 is 0 Å². The number of primary amides is 1. The highest BCUT2D eigenvalue weighted by Gasteiger charge is 2.28. The maximum absolute atomic E-state index is 11.0. The minimum Gasteiger partial charge on any atom is -0.381 e. The third kappa shape index (κ3) is 2.97. The summed E-state index contributed by atoms with van der Waals surface area (Å²) in [5.74, 6) is -0.306. The molecule has 3 N–H and O–H groups in total. The molecule has 0 aliphatic carbocycles. The SMILES string of the molecule is CC(C)(NC1CCOCC1)C(N)=O. The average molecular weight is 186 g/mol. The lowest BCUT2D eigenvalue weighted by atomic mass is 10.00. The van der Waals surface area contributed by atoms with Crippen LogP contribution in [0, 0.1) is 0 Å². The lowest BCUT2D eigenvalue weighted by Gasteiger charge is -2.31. The second-order valence-corrected chi connectivity index (χ2v) is 4.02. The summed E-state index contributed by atoms with van der Waals surface area (Å²) >= 11 is 0. The molecular formula is C9H18N2O2. The molecular weight excluding hydrogens is 168 g/mol. The van der Waals surface area contributed by atoms with Crippen molar-refractivity contribution in [2.75, 3.05) is 13.2 Å². The number of hydrogen-bond acceptors (Lipinski definition) is 3. The minimum absolute atomic E-state index is 0.306. The summed E-state index contributed by atoms with van der Waals surface area (Å²) in [5.41, 5.74) is 4.65. The van der Waals surface area contributed by atoms with Gasteiger partial charge in [-0.3, -0.25) is 4.79 Å². The number of ether oxygens (including phenoxy) is 1. The standard InChI is InChI=1S/C9H18N2O2/c1-9(2,8(10)12)11-7-3-5-13-6-4-7/h7,11H,3-6H2,1-2H3,(H2,10,12). The van der Waals surface area contributed by atoms with Gasteiger partial charge in [-0.05, 0) is 26.7 Å². The van der Waals surface area contributed by atoms with Gasteiger partial charge < -0.3 is 15.8 Å². The molecule has 1 aliphatic rings. The van der Waals surface area contributed by atoms with E-state index < -0.39 is 5.54 Å². The second kappa shape index (κ2) is 4.07. The van der Waals surface area contributed by atoms with Crippen molar-refractivity contribution >= 4 is 5.91 Å². The van der Waals surface area contributed by atoms with Gasteiger partial charge in [0.1, 0.15) is 0 Å². The number of carbonyl (C=O) groups is 1. The monoisotopic (exact) mass is 186 g/mol. The number of nitrogens with two attached hydrogens (primary N) is 1. The molecule has 1 saturated heterocycles. The third-order valence-electron chi connectivity index (χ3n) is 2.40. The topological polar surface area (TPSA) is 64.3 Å². The molecule has 4 nitrogen and oxygen atoms in total. The van der Waals surface area contributed by atoms with Crippen LogP contribution in [0.3, 0.4) is 0 Å². The predicted molar refractivity (Wildman–Crippen MR) is 50.3 cm³/mol. The summed E-state index contributed by atoms with van der Waals surface area (Å²) in [6.07, 6.45) is 1.91. The summed E-state index contributed by atoms with van der Waals surface area (Å²) in [6.45, 7) is 5.16. The highest BCUT2D eigenvalue weighted by molar-refractivity contribution is 5.83. The van der Waals surface area contributed by atoms with Crippen LogP contribution in [0.25, 0.3) is 0 Å². The number of hydrogen-bond donors (Lipinski definition) is 2. The maximum atomic E-state index is 11.0. The Hall–Kier alpha value is -0.610. The molecule has 1 aliphatic heterocycles. The first-order chi connectivity index (χ1) is 6.02. The van der Waals surface area contributed by atoms with Crippen molar-refractivity contribution in [3.63, 3.8) is 0 Å². The summed E-state index contributed by atoms with van der Waals surface area (Å²) < 4.78 is 5.22. The van der Waals surface area contributed by atoms with Crippen LogP contribution in [-0.2, 0) is 9.53 Å². The summed E-state index contributed by atoms with van der Waals surface area (Å²) in [4.78, 5) is 11.0. The van der Waals surface area contributed by atoms with Crippen molar-refractivity contribution < 1.29 is 9.53 Å². The van der Waals surface area contributed by atoms with Gasteiger partial charge in [0.25, 0.3) is 0 Å². The van der Waals surface area contributed by atoms with E-state index in [0.29, 0.717) is 6.04 Å². The normalized spacial score (nSPS) is 20.2. The van der Waals surface area contributed by atoms with Crippen molar-refractivity contribution in [3.8, 4) is 0 Å². The van der Waals surface area contributed by atoms with Gasteiger partial charge in [-0.2, -0.15) is 0 Å².